The van der Waals surface area contributed by atoms with Gasteiger partial charge in [0.15, 0.2) is 0 Å². The quantitative estimate of drug-likeness (QED) is 0.663. The number of cyclic esters (lactones) is 2. The van der Waals surface area contributed by atoms with Gasteiger partial charge in [0.05, 0.1) is 12.1 Å². The van der Waals surface area contributed by atoms with Crippen molar-refractivity contribution in [3.63, 3.8) is 0 Å². The second-order valence-electron chi connectivity index (χ2n) is 7.87. The summed E-state index contributed by atoms with van der Waals surface area (Å²) in [6.07, 6.45) is -0.840. The van der Waals surface area contributed by atoms with Crippen molar-refractivity contribution in [2.75, 3.05) is 13.2 Å². The van der Waals surface area contributed by atoms with E-state index in [1.165, 1.54) is 0 Å². The maximum absolute atomic E-state index is 12.8. The molecule has 0 N–H and O–H groups in total. The zero-order valence-corrected chi connectivity index (χ0v) is 17.5. The minimum atomic E-state index is -0.703. The van der Waals surface area contributed by atoms with E-state index in [0.717, 1.165) is 20.9 Å². The monoisotopic (exact) mass is 436 g/mol. The third-order valence-electron chi connectivity index (χ3n) is 5.64. The predicted octanol–water partition coefficient (Wildman–Crippen LogP) is 2.95. The Morgan fingerprint density at radius 2 is 1.06 bits per heavy atom. The summed E-state index contributed by atoms with van der Waals surface area (Å²) in [5.74, 6) is -0.983. The highest BCUT2D eigenvalue weighted by Gasteiger charge is 2.40. The van der Waals surface area contributed by atoms with Gasteiger partial charge in [0.25, 0.3) is 0 Å². The summed E-state index contributed by atoms with van der Waals surface area (Å²) in [4.78, 5) is 52.0. The lowest BCUT2D eigenvalue weighted by molar-refractivity contribution is -0.135. The zero-order valence-electron chi connectivity index (χ0n) is 17.5. The van der Waals surface area contributed by atoms with Gasteiger partial charge >= 0.3 is 12.2 Å². The van der Waals surface area contributed by atoms with E-state index in [0.29, 0.717) is 12.8 Å². The molecule has 0 unspecified atom stereocenters. The Hall–Kier alpha value is -3.68. The van der Waals surface area contributed by atoms with E-state index in [-0.39, 0.29) is 26.1 Å². The Morgan fingerprint density at radius 1 is 0.688 bits per heavy atom. The number of nitrogens with zero attached hydrogens (tertiary/aromatic N) is 2. The van der Waals surface area contributed by atoms with E-state index in [2.05, 4.69) is 0 Å². The van der Waals surface area contributed by atoms with Crippen LogP contribution in [0.15, 0.2) is 60.7 Å². The van der Waals surface area contributed by atoms with Gasteiger partial charge in [0.2, 0.25) is 11.8 Å². The molecule has 2 aromatic rings. The van der Waals surface area contributed by atoms with Crippen molar-refractivity contribution in [1.82, 2.24) is 9.80 Å². The summed E-state index contributed by atoms with van der Waals surface area (Å²) in [5, 5.41) is 0. The van der Waals surface area contributed by atoms with Gasteiger partial charge in [-0.05, 0) is 24.0 Å². The van der Waals surface area contributed by atoms with E-state index in [1.807, 2.05) is 60.7 Å². The fourth-order valence-electron chi connectivity index (χ4n) is 4.06. The number of benzene rings is 2. The number of amides is 4. The Labute approximate surface area is 185 Å². The molecule has 8 heteroatoms. The lowest BCUT2D eigenvalue weighted by Gasteiger charge is -2.22. The van der Waals surface area contributed by atoms with E-state index in [9.17, 15) is 19.2 Å². The molecule has 0 saturated carbocycles. The van der Waals surface area contributed by atoms with Gasteiger partial charge in [-0.1, -0.05) is 60.7 Å². The topological polar surface area (TPSA) is 93.2 Å². The summed E-state index contributed by atoms with van der Waals surface area (Å²) in [7, 11) is 0. The molecular weight excluding hydrogens is 412 g/mol. The maximum Gasteiger partial charge on any atom is 0.416 e. The van der Waals surface area contributed by atoms with Crippen molar-refractivity contribution in [2.24, 2.45) is 0 Å². The van der Waals surface area contributed by atoms with E-state index < -0.39 is 36.1 Å². The van der Waals surface area contributed by atoms with Crippen molar-refractivity contribution in [1.29, 1.82) is 0 Å². The van der Waals surface area contributed by atoms with Crippen LogP contribution in [-0.4, -0.2) is 59.1 Å². The van der Waals surface area contributed by atoms with E-state index >= 15 is 0 Å². The van der Waals surface area contributed by atoms with Crippen LogP contribution in [0.1, 0.15) is 24.0 Å². The first-order valence-electron chi connectivity index (χ1n) is 10.6. The van der Waals surface area contributed by atoms with Crippen molar-refractivity contribution >= 4 is 24.0 Å². The Kier molecular flexibility index (Phi) is 6.49. The largest absolute Gasteiger partial charge is 0.447 e. The third kappa shape index (κ3) is 4.80. The van der Waals surface area contributed by atoms with Crippen molar-refractivity contribution < 1.29 is 28.7 Å². The highest BCUT2D eigenvalue weighted by Crippen LogP contribution is 2.21. The predicted molar refractivity (Wildman–Crippen MR) is 113 cm³/mol. The summed E-state index contributed by atoms with van der Waals surface area (Å²) in [6.45, 7) is 0.232. The first-order chi connectivity index (χ1) is 15.5. The molecule has 0 aliphatic carbocycles. The summed E-state index contributed by atoms with van der Waals surface area (Å²) >= 11 is 0. The molecular formula is C24H24N2O6. The minimum Gasteiger partial charge on any atom is -0.447 e. The number of hydrogen-bond acceptors (Lipinski definition) is 6. The number of carbonyl (C=O) groups excluding carboxylic acids is 4. The molecule has 2 heterocycles. The van der Waals surface area contributed by atoms with Gasteiger partial charge in [-0.3, -0.25) is 9.59 Å². The second kappa shape index (κ2) is 9.64. The molecule has 166 valence electrons. The molecule has 4 rings (SSSR count). The number of rotatable bonds is 7. The highest BCUT2D eigenvalue weighted by atomic mass is 16.6. The Bertz CT molecular complexity index is 913. The number of hydrogen-bond donors (Lipinski definition) is 0. The summed E-state index contributed by atoms with van der Waals surface area (Å²) in [6, 6.07) is 18.2. The van der Waals surface area contributed by atoms with Gasteiger partial charge in [0.1, 0.15) is 13.2 Å². The average Bonchev–Trinajstić information content (AvgIpc) is 3.35. The molecule has 0 aromatic heterocycles. The second-order valence-corrected chi connectivity index (χ2v) is 7.87. The van der Waals surface area contributed by atoms with E-state index in [4.69, 9.17) is 9.47 Å². The number of carbonyl (C=O) groups is 4. The van der Waals surface area contributed by atoms with Gasteiger partial charge < -0.3 is 9.47 Å². The molecule has 2 aliphatic rings. The molecule has 32 heavy (non-hydrogen) atoms. The van der Waals surface area contributed by atoms with Crippen LogP contribution in [0, 0.1) is 0 Å². The standard InChI is InChI=1S/C24H24N2O6/c27-21(25-19(15-31-23(25)29)13-17-7-3-1-4-8-17)11-12-22(28)26-20(16-32-24(26)30)14-18-9-5-2-6-10-18/h1-10,19-20H,11-16H2/t19-,20-/m0/s1. The lowest BCUT2D eigenvalue weighted by Crippen LogP contribution is -2.42. The molecule has 2 saturated heterocycles. The first-order valence-corrected chi connectivity index (χ1v) is 10.6. The van der Waals surface area contributed by atoms with Crippen LogP contribution in [0.2, 0.25) is 0 Å². The zero-order chi connectivity index (χ0) is 22.5. The van der Waals surface area contributed by atoms with Crippen LogP contribution in [0.25, 0.3) is 0 Å². The fourth-order valence-corrected chi connectivity index (χ4v) is 4.06. The Balaban J connectivity index is 1.36. The maximum atomic E-state index is 12.8. The molecule has 0 bridgehead atoms. The van der Waals surface area contributed by atoms with E-state index in [1.54, 1.807) is 0 Å². The summed E-state index contributed by atoms with van der Waals surface area (Å²) < 4.78 is 10.2. The lowest BCUT2D eigenvalue weighted by atomic mass is 10.0. The fraction of sp³-hybridized carbons (Fsp3) is 0.333. The number of imide groups is 2. The van der Waals surface area contributed by atoms with Crippen LogP contribution in [-0.2, 0) is 31.9 Å². The third-order valence-corrected chi connectivity index (χ3v) is 5.64. The molecule has 2 atom stereocenters. The molecule has 2 aromatic carbocycles. The van der Waals surface area contributed by atoms with Crippen LogP contribution in [0.4, 0.5) is 9.59 Å². The Morgan fingerprint density at radius 3 is 1.44 bits per heavy atom. The average molecular weight is 436 g/mol. The molecule has 0 spiro atoms. The SMILES string of the molecule is O=C(CCC(=O)N1C(=O)OC[C@@H]1Cc1ccccc1)N1C(=O)OC[C@@H]1Cc1ccccc1. The normalized spacial score (nSPS) is 20.2. The summed E-state index contributed by atoms with van der Waals surface area (Å²) in [5.41, 5.74) is 1.96. The van der Waals surface area contributed by atoms with Crippen LogP contribution in [0.5, 0.6) is 0 Å². The van der Waals surface area contributed by atoms with Gasteiger partial charge in [-0.15, -0.1) is 0 Å². The first kappa shape index (κ1) is 21.5. The molecule has 0 radical (unpaired) electrons. The van der Waals surface area contributed by atoms with Crippen molar-refractivity contribution in [3.05, 3.63) is 71.8 Å². The molecule has 2 aliphatic heterocycles. The van der Waals surface area contributed by atoms with Crippen molar-refractivity contribution in [3.8, 4) is 0 Å². The van der Waals surface area contributed by atoms with Gasteiger partial charge in [0, 0.05) is 12.8 Å². The van der Waals surface area contributed by atoms with Crippen LogP contribution < -0.4 is 0 Å². The molecule has 2 fully saturated rings. The van der Waals surface area contributed by atoms with Gasteiger partial charge in [-0.2, -0.15) is 0 Å². The van der Waals surface area contributed by atoms with Crippen molar-refractivity contribution in [2.45, 2.75) is 37.8 Å². The number of ether oxygens (including phenoxy) is 2. The molecule has 8 nitrogen and oxygen atoms in total. The molecule has 4 amide bonds. The highest BCUT2D eigenvalue weighted by molar-refractivity contribution is 5.98. The smallest absolute Gasteiger partial charge is 0.416 e. The minimum absolute atomic E-state index is 0.116. The van der Waals surface area contributed by atoms with Gasteiger partial charge in [-0.25, -0.2) is 19.4 Å². The van der Waals surface area contributed by atoms with Crippen LogP contribution >= 0.6 is 0 Å². The van der Waals surface area contributed by atoms with Crippen LogP contribution in [0.3, 0.4) is 0 Å².